The van der Waals surface area contributed by atoms with Crippen molar-refractivity contribution in [2.75, 3.05) is 31.1 Å². The van der Waals surface area contributed by atoms with Gasteiger partial charge in [-0.05, 0) is 19.9 Å². The molecule has 0 spiro atoms. The quantitative estimate of drug-likeness (QED) is 0.612. The lowest BCUT2D eigenvalue weighted by molar-refractivity contribution is -0.384. The highest BCUT2D eigenvalue weighted by Gasteiger charge is 2.31. The molecule has 1 aliphatic heterocycles. The van der Waals surface area contributed by atoms with E-state index < -0.39 is 10.5 Å². The number of hydrogen-bond donors (Lipinski definition) is 0. The van der Waals surface area contributed by atoms with Gasteiger partial charge in [0, 0.05) is 32.4 Å². The highest BCUT2D eigenvalue weighted by atomic mass is 16.6. The Balaban J connectivity index is 2.12. The zero-order chi connectivity index (χ0) is 14.8. The first-order chi connectivity index (χ1) is 9.45. The van der Waals surface area contributed by atoms with Gasteiger partial charge in [-0.3, -0.25) is 20.0 Å². The van der Waals surface area contributed by atoms with E-state index in [2.05, 4.69) is 16.0 Å². The molecule has 2 rings (SSSR count). The largest absolute Gasteiger partial charge is 0.363 e. The average molecular weight is 275 g/mol. The maximum absolute atomic E-state index is 11.0. The Morgan fingerprint density at radius 1 is 1.40 bits per heavy atom. The van der Waals surface area contributed by atoms with Crippen LogP contribution in [0.2, 0.25) is 0 Å². The van der Waals surface area contributed by atoms with Crippen molar-refractivity contribution in [3.8, 4) is 6.07 Å². The number of nitro groups is 1. The van der Waals surface area contributed by atoms with E-state index in [-0.39, 0.29) is 5.69 Å². The monoisotopic (exact) mass is 275 g/mol. The van der Waals surface area contributed by atoms with E-state index in [0.29, 0.717) is 31.9 Å². The van der Waals surface area contributed by atoms with Gasteiger partial charge in [-0.15, -0.1) is 0 Å². The first kappa shape index (κ1) is 14.2. The summed E-state index contributed by atoms with van der Waals surface area (Å²) >= 11 is 0. The van der Waals surface area contributed by atoms with E-state index in [1.165, 1.54) is 6.20 Å². The van der Waals surface area contributed by atoms with Gasteiger partial charge in [0.15, 0.2) is 0 Å². The maximum atomic E-state index is 11.0. The van der Waals surface area contributed by atoms with E-state index in [1.54, 1.807) is 12.3 Å². The van der Waals surface area contributed by atoms with E-state index in [1.807, 2.05) is 18.7 Å². The highest BCUT2D eigenvalue weighted by molar-refractivity contribution is 5.61. The van der Waals surface area contributed by atoms with Gasteiger partial charge in [-0.2, -0.15) is 5.26 Å². The summed E-state index contributed by atoms with van der Waals surface area (Å²) in [5, 5.41) is 20.2. The summed E-state index contributed by atoms with van der Waals surface area (Å²) in [5.41, 5.74) is 0.121. The van der Waals surface area contributed by atoms with Gasteiger partial charge < -0.3 is 4.90 Å². The van der Waals surface area contributed by atoms with Crippen molar-refractivity contribution in [1.29, 1.82) is 5.26 Å². The number of pyridine rings is 1. The van der Waals surface area contributed by atoms with Crippen LogP contribution in [0.25, 0.3) is 0 Å². The fourth-order valence-corrected chi connectivity index (χ4v) is 2.36. The van der Waals surface area contributed by atoms with Crippen molar-refractivity contribution >= 4 is 11.4 Å². The number of nitriles is 1. The molecular formula is C13H17N5O2. The van der Waals surface area contributed by atoms with Gasteiger partial charge in [0.2, 0.25) is 0 Å². The van der Waals surface area contributed by atoms with Crippen LogP contribution in [0.4, 0.5) is 11.4 Å². The smallest absolute Gasteiger partial charge is 0.310 e. The number of piperazine rings is 1. The van der Waals surface area contributed by atoms with Crippen molar-refractivity contribution in [3.05, 3.63) is 28.6 Å². The van der Waals surface area contributed by atoms with Gasteiger partial charge >= 0.3 is 5.69 Å². The van der Waals surface area contributed by atoms with Crippen LogP contribution in [0.5, 0.6) is 0 Å². The Morgan fingerprint density at radius 2 is 2.05 bits per heavy atom. The first-order valence-corrected chi connectivity index (χ1v) is 6.45. The van der Waals surface area contributed by atoms with Gasteiger partial charge in [0.25, 0.3) is 0 Å². The van der Waals surface area contributed by atoms with Crippen LogP contribution in [0.15, 0.2) is 18.5 Å². The molecule has 7 heteroatoms. The summed E-state index contributed by atoms with van der Waals surface area (Å²) in [5.74, 6) is 0. The Morgan fingerprint density at radius 3 is 2.60 bits per heavy atom. The minimum atomic E-state index is -0.504. The fraction of sp³-hybridized carbons (Fsp3) is 0.538. The molecule has 1 aliphatic rings. The number of rotatable bonds is 3. The fourth-order valence-electron chi connectivity index (χ4n) is 2.36. The summed E-state index contributed by atoms with van der Waals surface area (Å²) in [6.07, 6.45) is 2.84. The highest BCUT2D eigenvalue weighted by Crippen LogP contribution is 2.28. The molecule has 0 amide bonds. The third kappa shape index (κ3) is 2.70. The predicted octanol–water partition coefficient (Wildman–Crippen LogP) is 1.41. The molecule has 1 saturated heterocycles. The molecule has 0 N–H and O–H groups in total. The Hall–Kier alpha value is -2.20. The molecular weight excluding hydrogens is 258 g/mol. The van der Waals surface area contributed by atoms with Crippen LogP contribution in [0, 0.1) is 21.4 Å². The third-order valence-corrected chi connectivity index (χ3v) is 3.66. The normalized spacial score (nSPS) is 16.8. The van der Waals surface area contributed by atoms with Gasteiger partial charge in [-0.1, -0.05) is 0 Å². The zero-order valence-electron chi connectivity index (χ0n) is 11.6. The summed E-state index contributed by atoms with van der Waals surface area (Å²) in [7, 11) is 0. The number of anilines is 1. The number of nitrogens with zero attached hydrogens (tertiary/aromatic N) is 5. The molecule has 0 bridgehead atoms. The predicted molar refractivity (Wildman–Crippen MR) is 74.4 cm³/mol. The van der Waals surface area contributed by atoms with Crippen molar-refractivity contribution in [1.82, 2.24) is 9.88 Å². The SMILES string of the molecule is CC(C)(C#N)N1CCN(c2ccncc2[N+](=O)[O-])CC1. The summed E-state index contributed by atoms with van der Waals surface area (Å²) < 4.78 is 0. The Bertz CT molecular complexity index is 544. The molecule has 1 aromatic heterocycles. The molecule has 0 atom stereocenters. The second-order valence-corrected chi connectivity index (χ2v) is 5.27. The lowest BCUT2D eigenvalue weighted by atomic mass is 10.0. The van der Waals surface area contributed by atoms with Crippen LogP contribution in [0.1, 0.15) is 13.8 Å². The lowest BCUT2D eigenvalue weighted by Crippen LogP contribution is -2.54. The molecule has 2 heterocycles. The molecule has 7 nitrogen and oxygen atoms in total. The number of hydrogen-bond acceptors (Lipinski definition) is 6. The number of aromatic nitrogens is 1. The summed E-state index contributed by atoms with van der Waals surface area (Å²) in [6.45, 7) is 6.51. The van der Waals surface area contributed by atoms with Crippen LogP contribution in [-0.2, 0) is 0 Å². The molecule has 0 saturated carbocycles. The van der Waals surface area contributed by atoms with Crippen LogP contribution in [0.3, 0.4) is 0 Å². The molecule has 1 fully saturated rings. The van der Waals surface area contributed by atoms with Crippen LogP contribution in [-0.4, -0.2) is 46.5 Å². The minimum absolute atomic E-state index is 0.0282. The van der Waals surface area contributed by atoms with Crippen molar-refractivity contribution in [2.24, 2.45) is 0 Å². The van der Waals surface area contributed by atoms with E-state index >= 15 is 0 Å². The minimum Gasteiger partial charge on any atom is -0.363 e. The third-order valence-electron chi connectivity index (χ3n) is 3.66. The maximum Gasteiger partial charge on any atom is 0.310 e. The molecule has 0 radical (unpaired) electrons. The summed E-state index contributed by atoms with van der Waals surface area (Å²) in [4.78, 5) is 18.5. The first-order valence-electron chi connectivity index (χ1n) is 6.45. The molecule has 1 aromatic rings. The van der Waals surface area contributed by atoms with E-state index in [9.17, 15) is 10.1 Å². The van der Waals surface area contributed by atoms with Crippen molar-refractivity contribution < 1.29 is 4.92 Å². The van der Waals surface area contributed by atoms with Crippen molar-refractivity contribution in [3.63, 3.8) is 0 Å². The van der Waals surface area contributed by atoms with Crippen molar-refractivity contribution in [2.45, 2.75) is 19.4 Å². The second kappa shape index (κ2) is 5.43. The molecule has 20 heavy (non-hydrogen) atoms. The molecule has 0 aliphatic carbocycles. The van der Waals surface area contributed by atoms with Gasteiger partial charge in [0.05, 0.1) is 11.0 Å². The molecule has 0 aromatic carbocycles. The summed E-state index contributed by atoms with van der Waals surface area (Å²) in [6, 6.07) is 3.95. The topological polar surface area (TPSA) is 86.3 Å². The Kier molecular flexibility index (Phi) is 3.86. The Labute approximate surface area is 117 Å². The second-order valence-electron chi connectivity index (χ2n) is 5.27. The van der Waals surface area contributed by atoms with Gasteiger partial charge in [-0.25, -0.2) is 0 Å². The lowest BCUT2D eigenvalue weighted by Gasteiger charge is -2.41. The van der Waals surface area contributed by atoms with Crippen LogP contribution < -0.4 is 4.90 Å². The molecule has 106 valence electrons. The molecule has 0 unspecified atom stereocenters. The van der Waals surface area contributed by atoms with Crippen LogP contribution >= 0.6 is 0 Å². The standard InChI is InChI=1S/C13H17N5O2/c1-13(2,10-14)17-7-5-16(6-8-17)11-3-4-15-9-12(11)18(19)20/h3-4,9H,5-8H2,1-2H3. The average Bonchev–Trinajstić information content (AvgIpc) is 2.47. The van der Waals surface area contributed by atoms with E-state index in [4.69, 9.17) is 5.26 Å². The van der Waals surface area contributed by atoms with Gasteiger partial charge in [0.1, 0.15) is 17.4 Å². The zero-order valence-corrected chi connectivity index (χ0v) is 11.6. The van der Waals surface area contributed by atoms with E-state index in [0.717, 1.165) is 0 Å².